The lowest BCUT2D eigenvalue weighted by Gasteiger charge is -2.19. The second-order valence-electron chi connectivity index (χ2n) is 6.10. The van der Waals surface area contributed by atoms with Gasteiger partial charge in [-0.1, -0.05) is 13.3 Å². The number of thiazole rings is 1. The van der Waals surface area contributed by atoms with Crippen LogP contribution in [0.15, 0.2) is 0 Å². The number of aromatic nitrogens is 1. The van der Waals surface area contributed by atoms with Crippen LogP contribution in [-0.4, -0.2) is 10.5 Å². The molecule has 0 amide bonds. The minimum Gasteiger partial charge on any atom is -0.306 e. The smallest absolute Gasteiger partial charge is 0.107 e. The molecule has 0 saturated carbocycles. The van der Waals surface area contributed by atoms with E-state index in [1.807, 2.05) is 11.3 Å². The summed E-state index contributed by atoms with van der Waals surface area (Å²) >= 11 is 1.92. The van der Waals surface area contributed by atoms with Gasteiger partial charge in [-0.2, -0.15) is 0 Å². The first kappa shape index (κ1) is 13.0. The lowest BCUT2D eigenvalue weighted by Crippen LogP contribution is -2.35. The molecule has 1 aliphatic carbocycles. The molecule has 1 atom stereocenters. The molecule has 0 aliphatic heterocycles. The van der Waals surface area contributed by atoms with Gasteiger partial charge in [0.25, 0.3) is 0 Å². The molecule has 0 bridgehead atoms. The first-order valence-electron chi connectivity index (χ1n) is 6.70. The van der Waals surface area contributed by atoms with E-state index in [-0.39, 0.29) is 5.54 Å². The van der Waals surface area contributed by atoms with E-state index in [9.17, 15) is 0 Å². The quantitative estimate of drug-likeness (QED) is 0.890. The van der Waals surface area contributed by atoms with E-state index in [0.29, 0.717) is 0 Å². The van der Waals surface area contributed by atoms with Crippen molar-refractivity contribution in [3.8, 4) is 0 Å². The van der Waals surface area contributed by atoms with Crippen LogP contribution in [0.4, 0.5) is 0 Å². The maximum Gasteiger partial charge on any atom is 0.107 e. The number of fused-ring (bicyclic) bond motifs is 1. The molecule has 0 saturated heterocycles. The molecule has 1 N–H and O–H groups in total. The Labute approximate surface area is 109 Å². The highest BCUT2D eigenvalue weighted by Gasteiger charge is 2.21. The molecule has 2 nitrogen and oxygen atoms in total. The third kappa shape index (κ3) is 3.52. The zero-order valence-electron chi connectivity index (χ0n) is 11.5. The van der Waals surface area contributed by atoms with E-state index >= 15 is 0 Å². The van der Waals surface area contributed by atoms with Gasteiger partial charge in [0.15, 0.2) is 0 Å². The molecule has 0 spiro atoms. The van der Waals surface area contributed by atoms with Crippen molar-refractivity contribution in [3.05, 3.63) is 15.6 Å². The Balaban J connectivity index is 2.00. The summed E-state index contributed by atoms with van der Waals surface area (Å²) in [6, 6.07) is 0. The molecule has 0 aromatic carbocycles. The van der Waals surface area contributed by atoms with Gasteiger partial charge in [0.2, 0.25) is 0 Å². The Hall–Kier alpha value is -0.410. The molecule has 0 fully saturated rings. The zero-order valence-corrected chi connectivity index (χ0v) is 12.3. The molecule has 1 aliphatic rings. The third-order valence-electron chi connectivity index (χ3n) is 3.43. The summed E-state index contributed by atoms with van der Waals surface area (Å²) in [7, 11) is 0. The van der Waals surface area contributed by atoms with E-state index in [1.54, 1.807) is 4.88 Å². The van der Waals surface area contributed by atoms with Crippen LogP contribution >= 0.6 is 11.3 Å². The van der Waals surface area contributed by atoms with Crippen LogP contribution in [-0.2, 0) is 19.4 Å². The first-order chi connectivity index (χ1) is 7.98. The van der Waals surface area contributed by atoms with Gasteiger partial charge in [-0.05, 0) is 46.0 Å². The minimum atomic E-state index is 0.179. The van der Waals surface area contributed by atoms with E-state index in [1.165, 1.54) is 36.4 Å². The first-order valence-corrected chi connectivity index (χ1v) is 7.52. The molecule has 0 radical (unpaired) electrons. The van der Waals surface area contributed by atoms with Gasteiger partial charge in [-0.3, -0.25) is 0 Å². The monoisotopic (exact) mass is 252 g/mol. The van der Waals surface area contributed by atoms with Crippen molar-refractivity contribution in [1.82, 2.24) is 10.3 Å². The Morgan fingerprint density at radius 1 is 1.41 bits per heavy atom. The van der Waals surface area contributed by atoms with Gasteiger partial charge < -0.3 is 5.32 Å². The molecule has 96 valence electrons. The molecular formula is C14H24N2S. The van der Waals surface area contributed by atoms with Gasteiger partial charge >= 0.3 is 0 Å². The van der Waals surface area contributed by atoms with Crippen LogP contribution in [0.2, 0.25) is 0 Å². The van der Waals surface area contributed by atoms with E-state index in [4.69, 9.17) is 4.98 Å². The van der Waals surface area contributed by atoms with Gasteiger partial charge in [0.1, 0.15) is 5.01 Å². The predicted molar refractivity (Wildman–Crippen MR) is 74.5 cm³/mol. The van der Waals surface area contributed by atoms with Crippen molar-refractivity contribution in [2.45, 2.75) is 65.5 Å². The van der Waals surface area contributed by atoms with Gasteiger partial charge in [-0.15, -0.1) is 11.3 Å². The highest BCUT2D eigenvalue weighted by atomic mass is 32.1. The maximum atomic E-state index is 4.78. The SMILES string of the molecule is CCC1CCc2nc(CNC(C)(C)C)sc2C1. The largest absolute Gasteiger partial charge is 0.306 e. The molecule has 1 aromatic rings. The van der Waals surface area contributed by atoms with Crippen LogP contribution in [0, 0.1) is 5.92 Å². The van der Waals surface area contributed by atoms with Crippen molar-refractivity contribution >= 4 is 11.3 Å². The number of hydrogen-bond acceptors (Lipinski definition) is 3. The Kier molecular flexibility index (Phi) is 3.88. The van der Waals surface area contributed by atoms with E-state index in [0.717, 1.165) is 12.5 Å². The summed E-state index contributed by atoms with van der Waals surface area (Å²) in [5.41, 5.74) is 1.56. The number of nitrogens with zero attached hydrogens (tertiary/aromatic N) is 1. The van der Waals surface area contributed by atoms with Gasteiger partial charge in [0.05, 0.1) is 5.69 Å². The Morgan fingerprint density at radius 3 is 2.82 bits per heavy atom. The molecule has 17 heavy (non-hydrogen) atoms. The van der Waals surface area contributed by atoms with Crippen molar-refractivity contribution in [1.29, 1.82) is 0 Å². The van der Waals surface area contributed by atoms with Crippen LogP contribution in [0.5, 0.6) is 0 Å². The molecule has 2 rings (SSSR count). The fourth-order valence-corrected chi connectivity index (χ4v) is 3.43. The standard InChI is InChI=1S/C14H24N2S/c1-5-10-6-7-11-12(8-10)17-13(16-11)9-15-14(2,3)4/h10,15H,5-9H2,1-4H3. The molecule has 1 unspecified atom stereocenters. The van der Waals surface area contributed by atoms with Crippen molar-refractivity contribution < 1.29 is 0 Å². The van der Waals surface area contributed by atoms with E-state index in [2.05, 4.69) is 33.0 Å². The zero-order chi connectivity index (χ0) is 12.5. The highest BCUT2D eigenvalue weighted by Crippen LogP contribution is 2.31. The highest BCUT2D eigenvalue weighted by molar-refractivity contribution is 7.11. The van der Waals surface area contributed by atoms with Crippen LogP contribution in [0.1, 0.15) is 56.1 Å². The van der Waals surface area contributed by atoms with Crippen LogP contribution < -0.4 is 5.32 Å². The average molecular weight is 252 g/mol. The number of rotatable bonds is 3. The maximum absolute atomic E-state index is 4.78. The fourth-order valence-electron chi connectivity index (χ4n) is 2.26. The Morgan fingerprint density at radius 2 is 2.18 bits per heavy atom. The molecule has 1 aromatic heterocycles. The molecule has 1 heterocycles. The average Bonchev–Trinajstić information content (AvgIpc) is 2.66. The van der Waals surface area contributed by atoms with Crippen molar-refractivity contribution in [2.75, 3.05) is 0 Å². The summed E-state index contributed by atoms with van der Waals surface area (Å²) in [5.74, 6) is 0.895. The molecular weight excluding hydrogens is 228 g/mol. The molecule has 3 heteroatoms. The number of nitrogens with one attached hydrogen (secondary N) is 1. The fraction of sp³-hybridized carbons (Fsp3) is 0.786. The van der Waals surface area contributed by atoms with Crippen molar-refractivity contribution in [2.24, 2.45) is 5.92 Å². The minimum absolute atomic E-state index is 0.179. The van der Waals surface area contributed by atoms with Crippen LogP contribution in [0.25, 0.3) is 0 Å². The summed E-state index contributed by atoms with van der Waals surface area (Å²) in [4.78, 5) is 6.33. The normalized spacial score (nSPS) is 20.4. The van der Waals surface area contributed by atoms with Gasteiger partial charge in [-0.25, -0.2) is 4.98 Å². The van der Waals surface area contributed by atoms with Crippen LogP contribution in [0.3, 0.4) is 0 Å². The van der Waals surface area contributed by atoms with Crippen molar-refractivity contribution in [3.63, 3.8) is 0 Å². The van der Waals surface area contributed by atoms with E-state index < -0.39 is 0 Å². The summed E-state index contributed by atoms with van der Waals surface area (Å²) in [6.45, 7) is 9.83. The third-order valence-corrected chi connectivity index (χ3v) is 4.55. The number of hydrogen-bond donors (Lipinski definition) is 1. The lowest BCUT2D eigenvalue weighted by atomic mass is 9.89. The predicted octanol–water partition coefficient (Wildman–Crippen LogP) is 3.55. The lowest BCUT2D eigenvalue weighted by molar-refractivity contribution is 0.422. The topological polar surface area (TPSA) is 24.9 Å². The summed E-state index contributed by atoms with van der Waals surface area (Å²) < 4.78 is 0. The number of aryl methyl sites for hydroxylation is 1. The Bertz CT molecular complexity index is 376. The second kappa shape index (κ2) is 5.07. The summed E-state index contributed by atoms with van der Waals surface area (Å²) in [6.07, 6.45) is 5.10. The summed E-state index contributed by atoms with van der Waals surface area (Å²) in [5, 5.41) is 4.79. The van der Waals surface area contributed by atoms with Gasteiger partial charge in [0, 0.05) is 17.0 Å². The second-order valence-corrected chi connectivity index (χ2v) is 7.27.